The Balaban J connectivity index is 2.04. The van der Waals surface area contributed by atoms with E-state index in [1.165, 1.54) is 12.1 Å². The van der Waals surface area contributed by atoms with Crippen molar-refractivity contribution in [1.82, 2.24) is 9.97 Å². The molecule has 0 spiro atoms. The molecule has 0 saturated heterocycles. The average molecular weight is 276 g/mol. The highest BCUT2D eigenvalue weighted by atomic mass is 19.4. The van der Waals surface area contributed by atoms with Gasteiger partial charge in [0.1, 0.15) is 12.7 Å². The van der Waals surface area contributed by atoms with Crippen LogP contribution in [0, 0.1) is 0 Å². The second-order valence-electron chi connectivity index (χ2n) is 4.03. The Morgan fingerprint density at radius 1 is 1.26 bits per heavy atom. The topological polar surface area (TPSA) is 78.1 Å². The van der Waals surface area contributed by atoms with Crippen molar-refractivity contribution in [3.8, 4) is 0 Å². The minimum absolute atomic E-state index is 0.366. The van der Waals surface area contributed by atoms with Crippen molar-refractivity contribution < 1.29 is 23.0 Å². The van der Waals surface area contributed by atoms with E-state index in [1.54, 1.807) is 6.07 Å². The predicted octanol–water partition coefficient (Wildman–Crippen LogP) is 1.47. The molecule has 0 aliphatic rings. The number of rotatable bonds is 4. The minimum atomic E-state index is -4.42. The first-order valence-electron chi connectivity index (χ1n) is 5.40. The summed E-state index contributed by atoms with van der Waals surface area (Å²) in [7, 11) is 0. The number of alkyl halides is 3. The molecule has 1 aromatic carbocycles. The zero-order chi connectivity index (χ0) is 14.0. The maximum Gasteiger partial charge on any atom is 0.411 e. The summed E-state index contributed by atoms with van der Waals surface area (Å²) in [6, 6.07) is 4.54. The van der Waals surface area contributed by atoms with Gasteiger partial charge in [0.05, 0.1) is 17.6 Å². The third-order valence-electron chi connectivity index (χ3n) is 2.47. The average Bonchev–Trinajstić information content (AvgIpc) is 2.65. The number of nitrogens with one attached hydrogen (secondary N) is 2. The maximum absolute atomic E-state index is 11.9. The molecular weight excluding hydrogens is 265 g/mol. The summed E-state index contributed by atoms with van der Waals surface area (Å²) in [5, 5.41) is 9.69. The molecule has 19 heavy (non-hydrogen) atoms. The van der Waals surface area contributed by atoms with Crippen LogP contribution in [-0.4, -0.2) is 34.5 Å². The Hall–Kier alpha value is -1.80. The van der Waals surface area contributed by atoms with E-state index in [0.717, 1.165) is 0 Å². The number of aliphatic hydroxyl groups is 1. The van der Waals surface area contributed by atoms with Crippen molar-refractivity contribution in [2.75, 3.05) is 13.2 Å². The molecule has 2 rings (SSSR count). The van der Waals surface area contributed by atoms with Crippen LogP contribution in [-0.2, 0) is 4.74 Å². The van der Waals surface area contributed by atoms with Crippen LogP contribution in [0.15, 0.2) is 23.0 Å². The number of benzene rings is 1. The van der Waals surface area contributed by atoms with Gasteiger partial charge in [-0.15, -0.1) is 0 Å². The zero-order valence-electron chi connectivity index (χ0n) is 9.62. The van der Waals surface area contributed by atoms with E-state index in [1.807, 2.05) is 0 Å². The van der Waals surface area contributed by atoms with Crippen LogP contribution >= 0.6 is 0 Å². The van der Waals surface area contributed by atoms with Crippen LogP contribution in [0.2, 0.25) is 0 Å². The Morgan fingerprint density at radius 2 is 1.95 bits per heavy atom. The Labute approximate surface area is 105 Å². The van der Waals surface area contributed by atoms with Crippen LogP contribution in [0.5, 0.6) is 0 Å². The molecule has 0 amide bonds. The van der Waals surface area contributed by atoms with E-state index in [-0.39, 0.29) is 0 Å². The maximum atomic E-state index is 11.9. The second kappa shape index (κ2) is 5.06. The molecule has 1 aromatic heterocycles. The number of aliphatic hydroxyl groups excluding tert-OH is 1. The summed E-state index contributed by atoms with van der Waals surface area (Å²) in [6.45, 7) is -1.88. The largest absolute Gasteiger partial charge is 0.411 e. The Morgan fingerprint density at radius 3 is 2.63 bits per heavy atom. The highest BCUT2D eigenvalue weighted by molar-refractivity contribution is 5.75. The van der Waals surface area contributed by atoms with Crippen molar-refractivity contribution in [3.63, 3.8) is 0 Å². The van der Waals surface area contributed by atoms with E-state index in [9.17, 15) is 23.1 Å². The summed E-state index contributed by atoms with van der Waals surface area (Å²) >= 11 is 0. The van der Waals surface area contributed by atoms with Gasteiger partial charge in [-0.2, -0.15) is 13.2 Å². The second-order valence-corrected chi connectivity index (χ2v) is 4.03. The van der Waals surface area contributed by atoms with E-state index < -0.39 is 31.2 Å². The monoisotopic (exact) mass is 276 g/mol. The molecule has 0 fully saturated rings. The van der Waals surface area contributed by atoms with Crippen molar-refractivity contribution in [2.45, 2.75) is 12.3 Å². The van der Waals surface area contributed by atoms with Crippen LogP contribution in [0.1, 0.15) is 11.7 Å². The molecule has 0 radical (unpaired) electrons. The molecule has 3 N–H and O–H groups in total. The highest BCUT2D eigenvalue weighted by Crippen LogP contribution is 2.19. The van der Waals surface area contributed by atoms with Gasteiger partial charge >= 0.3 is 11.9 Å². The smallest absolute Gasteiger partial charge is 0.386 e. The fourth-order valence-corrected chi connectivity index (χ4v) is 1.64. The molecule has 1 heterocycles. The number of hydrogen-bond acceptors (Lipinski definition) is 3. The first-order chi connectivity index (χ1) is 8.85. The molecule has 0 aliphatic heterocycles. The molecule has 0 saturated carbocycles. The number of imidazole rings is 1. The van der Waals surface area contributed by atoms with E-state index >= 15 is 0 Å². The van der Waals surface area contributed by atoms with Crippen molar-refractivity contribution >= 4 is 11.0 Å². The molecular formula is C11H11F3N2O3. The van der Waals surface area contributed by atoms with Gasteiger partial charge in [0.25, 0.3) is 0 Å². The van der Waals surface area contributed by atoms with Gasteiger partial charge in [-0.05, 0) is 17.7 Å². The molecule has 104 valence electrons. The molecule has 1 unspecified atom stereocenters. The van der Waals surface area contributed by atoms with Gasteiger partial charge in [-0.3, -0.25) is 0 Å². The molecule has 0 bridgehead atoms. The van der Waals surface area contributed by atoms with E-state index in [0.29, 0.717) is 16.6 Å². The predicted molar refractivity (Wildman–Crippen MR) is 60.8 cm³/mol. The number of aromatic nitrogens is 2. The summed E-state index contributed by atoms with van der Waals surface area (Å²) in [6.07, 6.45) is -5.61. The SMILES string of the molecule is O=c1[nH]c2ccc(C(O)COCC(F)(F)F)cc2[nH]1. The lowest BCUT2D eigenvalue weighted by Crippen LogP contribution is -2.19. The van der Waals surface area contributed by atoms with Gasteiger partial charge < -0.3 is 19.8 Å². The van der Waals surface area contributed by atoms with Crippen LogP contribution < -0.4 is 5.69 Å². The zero-order valence-corrected chi connectivity index (χ0v) is 9.62. The first kappa shape index (κ1) is 13.6. The van der Waals surface area contributed by atoms with E-state index in [4.69, 9.17) is 0 Å². The Kier molecular flexibility index (Phi) is 3.63. The molecule has 2 aromatic rings. The third kappa shape index (κ3) is 3.58. The van der Waals surface area contributed by atoms with Crippen LogP contribution in [0.25, 0.3) is 11.0 Å². The fraction of sp³-hybridized carbons (Fsp3) is 0.364. The van der Waals surface area contributed by atoms with Gasteiger partial charge in [0, 0.05) is 0 Å². The first-order valence-corrected chi connectivity index (χ1v) is 5.40. The molecule has 1 atom stereocenters. The minimum Gasteiger partial charge on any atom is -0.386 e. The fourth-order valence-electron chi connectivity index (χ4n) is 1.64. The molecule has 0 aliphatic carbocycles. The standard InChI is InChI=1S/C11H11F3N2O3/c12-11(13,14)5-19-4-9(17)6-1-2-7-8(3-6)16-10(18)15-7/h1-3,9,17H,4-5H2,(H2,15,16,18). The van der Waals surface area contributed by atoms with Crippen LogP contribution in [0.4, 0.5) is 13.2 Å². The number of H-pyrrole nitrogens is 2. The van der Waals surface area contributed by atoms with Crippen molar-refractivity contribution in [3.05, 3.63) is 34.2 Å². The van der Waals surface area contributed by atoms with E-state index in [2.05, 4.69) is 14.7 Å². The van der Waals surface area contributed by atoms with Gasteiger partial charge in [0.2, 0.25) is 0 Å². The van der Waals surface area contributed by atoms with Gasteiger partial charge in [-0.1, -0.05) is 6.07 Å². The summed E-state index contributed by atoms with van der Waals surface area (Å²) in [5.74, 6) is 0. The summed E-state index contributed by atoms with van der Waals surface area (Å²) in [5.41, 5.74) is 0.995. The third-order valence-corrected chi connectivity index (χ3v) is 2.47. The lowest BCUT2D eigenvalue weighted by molar-refractivity contribution is -0.179. The number of aromatic amines is 2. The summed E-state index contributed by atoms with van der Waals surface area (Å²) < 4.78 is 40.0. The number of ether oxygens (including phenoxy) is 1. The van der Waals surface area contributed by atoms with Gasteiger partial charge in [-0.25, -0.2) is 4.79 Å². The quantitative estimate of drug-likeness (QED) is 0.791. The normalized spacial score (nSPS) is 13.9. The molecule has 5 nitrogen and oxygen atoms in total. The lowest BCUT2D eigenvalue weighted by atomic mass is 10.1. The number of fused-ring (bicyclic) bond motifs is 1. The summed E-state index contributed by atoms with van der Waals surface area (Å²) in [4.78, 5) is 16.0. The lowest BCUT2D eigenvalue weighted by Gasteiger charge is -2.13. The van der Waals surface area contributed by atoms with Crippen LogP contribution in [0.3, 0.4) is 0 Å². The van der Waals surface area contributed by atoms with Crippen molar-refractivity contribution in [1.29, 1.82) is 0 Å². The molecule has 8 heteroatoms. The van der Waals surface area contributed by atoms with Crippen molar-refractivity contribution in [2.24, 2.45) is 0 Å². The number of hydrogen-bond donors (Lipinski definition) is 3. The highest BCUT2D eigenvalue weighted by Gasteiger charge is 2.27. The number of halogens is 3. The Bertz CT molecular complexity index is 617. The van der Waals surface area contributed by atoms with Gasteiger partial charge in [0.15, 0.2) is 0 Å².